The lowest BCUT2D eigenvalue weighted by atomic mass is 10.2. The van der Waals surface area contributed by atoms with Crippen LogP contribution in [0.1, 0.15) is 36.7 Å². The van der Waals surface area contributed by atoms with Crippen LogP contribution in [0.15, 0.2) is 4.52 Å². The van der Waals surface area contributed by atoms with E-state index in [1.165, 1.54) is 0 Å². The molecule has 2 rings (SSSR count). The van der Waals surface area contributed by atoms with Crippen LogP contribution in [0.5, 0.6) is 0 Å². The minimum absolute atomic E-state index is 0.133. The highest BCUT2D eigenvalue weighted by Gasteiger charge is 2.19. The molecule has 0 aliphatic heterocycles. The van der Waals surface area contributed by atoms with Gasteiger partial charge in [-0.25, -0.2) is 0 Å². The Balaban J connectivity index is 2.23. The van der Waals surface area contributed by atoms with Gasteiger partial charge in [0.1, 0.15) is 16.6 Å². The number of nitriles is 1. The van der Waals surface area contributed by atoms with Gasteiger partial charge in [0.05, 0.1) is 6.04 Å². The number of halogens is 1. The number of nitrogens with zero attached hydrogens (tertiary/aromatic N) is 4. The summed E-state index contributed by atoms with van der Waals surface area (Å²) in [5, 5.41) is 16.9. The molecule has 0 radical (unpaired) electrons. The Morgan fingerprint density at radius 2 is 2.39 bits per heavy atom. The summed E-state index contributed by atoms with van der Waals surface area (Å²) in [7, 11) is 0. The molecule has 2 heterocycles. The number of aryl methyl sites for hydroxylation is 1. The van der Waals surface area contributed by atoms with Crippen molar-refractivity contribution in [3.63, 3.8) is 0 Å². The van der Waals surface area contributed by atoms with E-state index in [0.717, 1.165) is 18.0 Å². The number of aromatic nitrogens is 3. The largest absolute Gasteiger partial charge is 0.364 e. The molecule has 1 unspecified atom stereocenters. The van der Waals surface area contributed by atoms with Gasteiger partial charge in [0.15, 0.2) is 11.0 Å². The second kappa shape index (κ2) is 5.33. The fourth-order valence-corrected chi connectivity index (χ4v) is 2.42. The van der Waals surface area contributed by atoms with Gasteiger partial charge in [0.25, 0.3) is 0 Å². The molecule has 0 aromatic carbocycles. The molecule has 6 nitrogen and oxygen atoms in total. The fourth-order valence-electron chi connectivity index (χ4n) is 1.43. The van der Waals surface area contributed by atoms with Crippen molar-refractivity contribution >= 4 is 28.1 Å². The number of rotatable bonds is 4. The Bertz CT molecular complexity index is 587. The molecule has 0 saturated heterocycles. The second-order valence-corrected chi connectivity index (χ2v) is 4.70. The van der Waals surface area contributed by atoms with Gasteiger partial charge in [-0.1, -0.05) is 23.7 Å². The molecule has 1 atom stereocenters. The van der Waals surface area contributed by atoms with Crippen LogP contribution in [0, 0.1) is 18.3 Å². The number of hydrogen-bond acceptors (Lipinski definition) is 7. The van der Waals surface area contributed by atoms with Crippen molar-refractivity contribution in [2.45, 2.75) is 26.3 Å². The Kier molecular flexibility index (Phi) is 3.79. The van der Waals surface area contributed by atoms with Gasteiger partial charge in [0.2, 0.25) is 5.89 Å². The van der Waals surface area contributed by atoms with Crippen molar-refractivity contribution < 1.29 is 4.52 Å². The summed E-state index contributed by atoms with van der Waals surface area (Å²) in [6, 6.07) is 1.89. The van der Waals surface area contributed by atoms with Crippen molar-refractivity contribution in [1.29, 1.82) is 5.26 Å². The second-order valence-electron chi connectivity index (χ2n) is 3.57. The first kappa shape index (κ1) is 12.8. The first-order valence-electron chi connectivity index (χ1n) is 5.27. The van der Waals surface area contributed by atoms with E-state index >= 15 is 0 Å². The highest BCUT2D eigenvalue weighted by Crippen LogP contribution is 2.31. The zero-order valence-electron chi connectivity index (χ0n) is 9.77. The van der Waals surface area contributed by atoms with Crippen LogP contribution in [0.25, 0.3) is 0 Å². The van der Waals surface area contributed by atoms with Crippen molar-refractivity contribution in [2.75, 3.05) is 5.32 Å². The molecule has 2 aromatic rings. The molecular weight excluding hydrogens is 274 g/mol. The summed E-state index contributed by atoms with van der Waals surface area (Å²) in [5.74, 6) is 1.07. The van der Waals surface area contributed by atoms with Crippen LogP contribution < -0.4 is 5.32 Å². The Morgan fingerprint density at radius 3 is 2.94 bits per heavy atom. The molecule has 0 aliphatic rings. The first-order valence-corrected chi connectivity index (χ1v) is 6.42. The predicted octanol–water partition coefficient (Wildman–Crippen LogP) is 2.92. The number of hydrogen-bond donors (Lipinski definition) is 1. The van der Waals surface area contributed by atoms with Gasteiger partial charge in [-0.2, -0.15) is 14.6 Å². The van der Waals surface area contributed by atoms with Crippen LogP contribution in [0.2, 0.25) is 5.15 Å². The van der Waals surface area contributed by atoms with E-state index in [1.54, 1.807) is 6.92 Å². The summed E-state index contributed by atoms with van der Waals surface area (Å²) in [6.45, 7) is 3.71. The fraction of sp³-hybridized carbons (Fsp3) is 0.400. The SMILES string of the molecule is CCC(Nc1snc(Cl)c1C#N)c1noc(C)n1. The van der Waals surface area contributed by atoms with Crippen molar-refractivity contribution in [2.24, 2.45) is 0 Å². The maximum atomic E-state index is 8.99. The van der Waals surface area contributed by atoms with Gasteiger partial charge in [0, 0.05) is 6.92 Å². The smallest absolute Gasteiger partial charge is 0.223 e. The molecule has 1 N–H and O–H groups in total. The summed E-state index contributed by atoms with van der Waals surface area (Å²) < 4.78 is 8.87. The summed E-state index contributed by atoms with van der Waals surface area (Å²) in [6.07, 6.45) is 0.749. The third-order valence-electron chi connectivity index (χ3n) is 2.33. The van der Waals surface area contributed by atoms with Crippen molar-refractivity contribution in [3.05, 3.63) is 22.4 Å². The van der Waals surface area contributed by atoms with Gasteiger partial charge >= 0.3 is 0 Å². The minimum Gasteiger partial charge on any atom is -0.364 e. The van der Waals surface area contributed by atoms with Crippen LogP contribution in [0.4, 0.5) is 5.00 Å². The summed E-state index contributed by atoms with van der Waals surface area (Å²) in [5.41, 5.74) is 0.348. The summed E-state index contributed by atoms with van der Waals surface area (Å²) >= 11 is 6.95. The van der Waals surface area contributed by atoms with Crippen molar-refractivity contribution in [3.8, 4) is 6.07 Å². The van der Waals surface area contributed by atoms with Gasteiger partial charge in [-0.3, -0.25) is 0 Å². The molecule has 8 heteroatoms. The Labute approximate surface area is 113 Å². The molecule has 0 fully saturated rings. The summed E-state index contributed by atoms with van der Waals surface area (Å²) in [4.78, 5) is 4.17. The Morgan fingerprint density at radius 1 is 1.61 bits per heavy atom. The molecule has 0 amide bonds. The zero-order chi connectivity index (χ0) is 13.1. The molecule has 94 valence electrons. The molecule has 0 saturated carbocycles. The molecule has 18 heavy (non-hydrogen) atoms. The van der Waals surface area contributed by atoms with Crippen LogP contribution >= 0.6 is 23.1 Å². The van der Waals surface area contributed by atoms with Crippen LogP contribution in [0.3, 0.4) is 0 Å². The topological polar surface area (TPSA) is 87.6 Å². The number of anilines is 1. The zero-order valence-corrected chi connectivity index (χ0v) is 11.3. The number of nitrogens with one attached hydrogen (secondary N) is 1. The average molecular weight is 284 g/mol. The molecule has 2 aromatic heterocycles. The van der Waals surface area contributed by atoms with E-state index in [2.05, 4.69) is 19.8 Å². The molecule has 0 spiro atoms. The quantitative estimate of drug-likeness (QED) is 0.928. The van der Waals surface area contributed by atoms with Crippen molar-refractivity contribution in [1.82, 2.24) is 14.5 Å². The predicted molar refractivity (Wildman–Crippen MR) is 67.5 cm³/mol. The van der Waals surface area contributed by atoms with E-state index in [-0.39, 0.29) is 11.2 Å². The highest BCUT2D eigenvalue weighted by molar-refractivity contribution is 7.10. The maximum Gasteiger partial charge on any atom is 0.223 e. The van der Waals surface area contributed by atoms with Crippen LogP contribution in [-0.4, -0.2) is 14.5 Å². The molecule has 0 bridgehead atoms. The van der Waals surface area contributed by atoms with Crippen LogP contribution in [-0.2, 0) is 0 Å². The normalized spacial score (nSPS) is 12.1. The lowest BCUT2D eigenvalue weighted by Gasteiger charge is -2.12. The molecular formula is C10H10ClN5OS. The standard InChI is InChI=1S/C10H10ClN5OS/c1-3-7(9-13-5(2)17-15-9)14-10-6(4-12)8(11)16-18-10/h7,14H,3H2,1-2H3. The average Bonchev–Trinajstić information content (AvgIpc) is 2.92. The Hall–Kier alpha value is -1.65. The lowest BCUT2D eigenvalue weighted by Crippen LogP contribution is -2.11. The van der Waals surface area contributed by atoms with E-state index in [0.29, 0.717) is 22.3 Å². The van der Waals surface area contributed by atoms with Gasteiger partial charge in [-0.15, -0.1) is 0 Å². The molecule has 0 aliphatic carbocycles. The monoisotopic (exact) mass is 283 g/mol. The lowest BCUT2D eigenvalue weighted by molar-refractivity contribution is 0.384. The highest BCUT2D eigenvalue weighted by atomic mass is 35.5. The van der Waals surface area contributed by atoms with Gasteiger partial charge < -0.3 is 9.84 Å². The van der Waals surface area contributed by atoms with E-state index in [1.807, 2.05) is 13.0 Å². The maximum absolute atomic E-state index is 8.99. The van der Waals surface area contributed by atoms with E-state index in [9.17, 15) is 0 Å². The third-order valence-corrected chi connectivity index (χ3v) is 3.48. The first-order chi connectivity index (χ1) is 8.65. The van der Waals surface area contributed by atoms with E-state index in [4.69, 9.17) is 21.4 Å². The third kappa shape index (κ3) is 2.44. The van der Waals surface area contributed by atoms with Gasteiger partial charge in [-0.05, 0) is 18.0 Å². The minimum atomic E-state index is -0.133. The van der Waals surface area contributed by atoms with E-state index < -0.39 is 0 Å².